The highest BCUT2D eigenvalue weighted by Crippen LogP contribution is 2.37. The molecule has 1 unspecified atom stereocenters. The van der Waals surface area contributed by atoms with Crippen LogP contribution in [0.1, 0.15) is 30.0 Å². The molecule has 1 aliphatic rings. The van der Waals surface area contributed by atoms with Crippen molar-refractivity contribution in [2.24, 2.45) is 0 Å². The smallest absolute Gasteiger partial charge is 0.222 e. The van der Waals surface area contributed by atoms with Crippen LogP contribution in [0.15, 0.2) is 30.3 Å². The maximum Gasteiger partial charge on any atom is 0.222 e. The molecule has 0 bridgehead atoms. The number of hydrogen-bond donors (Lipinski definition) is 2. The summed E-state index contributed by atoms with van der Waals surface area (Å²) < 4.78 is 5.74. The minimum atomic E-state index is 0.266. The first-order valence-corrected chi connectivity index (χ1v) is 6.83. The molecule has 0 aliphatic heterocycles. The highest BCUT2D eigenvalue weighted by atomic mass is 16.5. The fourth-order valence-corrected chi connectivity index (χ4v) is 2.77. The molecule has 104 valence electrons. The van der Waals surface area contributed by atoms with Crippen LogP contribution < -0.4 is 16.2 Å². The van der Waals surface area contributed by atoms with Gasteiger partial charge in [0.2, 0.25) is 5.95 Å². The number of aromatic nitrogens is 2. The summed E-state index contributed by atoms with van der Waals surface area (Å²) in [4.78, 5) is 8.34. The van der Waals surface area contributed by atoms with Gasteiger partial charge in [-0.15, -0.1) is 0 Å². The Kier molecular flexibility index (Phi) is 3.41. The minimum absolute atomic E-state index is 0.266. The van der Waals surface area contributed by atoms with Crippen LogP contribution in [0.3, 0.4) is 0 Å². The van der Waals surface area contributed by atoms with E-state index >= 15 is 0 Å². The summed E-state index contributed by atoms with van der Waals surface area (Å²) in [6.45, 7) is 0.665. The summed E-state index contributed by atoms with van der Waals surface area (Å²) in [6, 6.07) is 9.83. The van der Waals surface area contributed by atoms with Crippen molar-refractivity contribution in [2.45, 2.75) is 25.2 Å². The number of rotatable bonds is 4. The van der Waals surface area contributed by atoms with E-state index in [1.807, 2.05) is 30.3 Å². The average molecular weight is 270 g/mol. The number of fused-ring (bicyclic) bond motifs is 1. The van der Waals surface area contributed by atoms with Gasteiger partial charge in [-0.05, 0) is 37.3 Å². The predicted octanol–water partition coefficient (Wildman–Crippen LogP) is 2.14. The Hall–Kier alpha value is -2.30. The monoisotopic (exact) mass is 270 g/mol. The van der Waals surface area contributed by atoms with E-state index in [2.05, 4.69) is 9.97 Å². The molecule has 0 radical (unpaired) electrons. The van der Waals surface area contributed by atoms with Crippen LogP contribution in [0.4, 0.5) is 11.8 Å². The Bertz CT molecular complexity index is 600. The van der Waals surface area contributed by atoms with Crippen molar-refractivity contribution in [3.63, 3.8) is 0 Å². The van der Waals surface area contributed by atoms with Gasteiger partial charge < -0.3 is 16.2 Å². The normalized spacial score (nSPS) is 16.9. The number of para-hydroxylation sites is 1. The van der Waals surface area contributed by atoms with Crippen LogP contribution in [0.5, 0.6) is 5.75 Å². The summed E-state index contributed by atoms with van der Waals surface area (Å²) >= 11 is 0. The van der Waals surface area contributed by atoms with Gasteiger partial charge in [-0.25, -0.2) is 4.98 Å². The lowest BCUT2D eigenvalue weighted by atomic mass is 10.00. The van der Waals surface area contributed by atoms with Gasteiger partial charge in [0.05, 0.1) is 12.3 Å². The van der Waals surface area contributed by atoms with Crippen molar-refractivity contribution < 1.29 is 4.74 Å². The Labute approximate surface area is 118 Å². The SMILES string of the molecule is Nc1nc(N)c2c(n1)CCC2CCOc1ccccc1. The van der Waals surface area contributed by atoms with Crippen LogP contribution in [0, 0.1) is 0 Å². The van der Waals surface area contributed by atoms with Gasteiger partial charge in [0.25, 0.3) is 0 Å². The third kappa shape index (κ3) is 2.52. The molecule has 1 atom stereocenters. The highest BCUT2D eigenvalue weighted by molar-refractivity contribution is 5.50. The standard InChI is InChI=1S/C15H18N4O/c16-14-13-10(6-7-12(13)18-15(17)19-14)8-9-20-11-4-2-1-3-5-11/h1-5,10H,6-9H2,(H4,16,17,18,19). The number of nitrogens with two attached hydrogens (primary N) is 2. The van der Waals surface area contributed by atoms with E-state index in [9.17, 15) is 0 Å². The first-order valence-electron chi connectivity index (χ1n) is 6.83. The molecule has 0 amide bonds. The Morgan fingerprint density at radius 3 is 2.75 bits per heavy atom. The van der Waals surface area contributed by atoms with E-state index in [-0.39, 0.29) is 5.95 Å². The Morgan fingerprint density at radius 2 is 1.95 bits per heavy atom. The van der Waals surface area contributed by atoms with E-state index in [4.69, 9.17) is 16.2 Å². The summed E-state index contributed by atoms with van der Waals surface area (Å²) in [5, 5.41) is 0. The van der Waals surface area contributed by atoms with E-state index in [0.29, 0.717) is 18.3 Å². The van der Waals surface area contributed by atoms with E-state index in [0.717, 1.165) is 36.3 Å². The van der Waals surface area contributed by atoms with Crippen LogP contribution in [-0.2, 0) is 6.42 Å². The summed E-state index contributed by atoms with van der Waals surface area (Å²) in [5.41, 5.74) is 13.7. The number of benzene rings is 1. The summed E-state index contributed by atoms with van der Waals surface area (Å²) in [7, 11) is 0. The number of anilines is 2. The van der Waals surface area contributed by atoms with Crippen molar-refractivity contribution in [3.8, 4) is 5.75 Å². The molecule has 2 aromatic rings. The zero-order chi connectivity index (χ0) is 13.9. The first-order chi connectivity index (χ1) is 9.74. The summed E-state index contributed by atoms with van der Waals surface area (Å²) in [6.07, 6.45) is 2.87. The van der Waals surface area contributed by atoms with E-state index in [1.54, 1.807) is 0 Å². The zero-order valence-corrected chi connectivity index (χ0v) is 11.2. The van der Waals surface area contributed by atoms with E-state index < -0.39 is 0 Å². The van der Waals surface area contributed by atoms with Crippen molar-refractivity contribution in [1.82, 2.24) is 9.97 Å². The zero-order valence-electron chi connectivity index (χ0n) is 11.2. The average Bonchev–Trinajstić information content (AvgIpc) is 2.83. The fourth-order valence-electron chi connectivity index (χ4n) is 2.77. The van der Waals surface area contributed by atoms with Crippen molar-refractivity contribution in [2.75, 3.05) is 18.1 Å². The molecule has 1 heterocycles. The molecule has 1 aromatic carbocycles. The third-order valence-electron chi connectivity index (χ3n) is 3.69. The van der Waals surface area contributed by atoms with Gasteiger partial charge in [-0.2, -0.15) is 4.98 Å². The lowest BCUT2D eigenvalue weighted by molar-refractivity contribution is 0.297. The molecule has 1 aliphatic carbocycles. The number of hydrogen-bond acceptors (Lipinski definition) is 5. The number of aryl methyl sites for hydroxylation is 1. The Morgan fingerprint density at radius 1 is 1.15 bits per heavy atom. The van der Waals surface area contributed by atoms with Crippen molar-refractivity contribution in [1.29, 1.82) is 0 Å². The molecule has 3 rings (SSSR count). The van der Waals surface area contributed by atoms with Crippen LogP contribution in [0.2, 0.25) is 0 Å². The number of nitrogens with zero attached hydrogens (tertiary/aromatic N) is 2. The summed E-state index contributed by atoms with van der Waals surface area (Å²) in [5.74, 6) is 2.05. The molecule has 0 saturated heterocycles. The second-order valence-electron chi connectivity index (χ2n) is 5.01. The maximum atomic E-state index is 5.97. The molecule has 4 N–H and O–H groups in total. The second-order valence-corrected chi connectivity index (χ2v) is 5.01. The fraction of sp³-hybridized carbons (Fsp3) is 0.333. The largest absolute Gasteiger partial charge is 0.494 e. The van der Waals surface area contributed by atoms with Crippen LogP contribution in [-0.4, -0.2) is 16.6 Å². The topological polar surface area (TPSA) is 87.0 Å². The minimum Gasteiger partial charge on any atom is -0.494 e. The molecular formula is C15H18N4O. The molecular weight excluding hydrogens is 252 g/mol. The molecule has 5 heteroatoms. The van der Waals surface area contributed by atoms with Gasteiger partial charge in [-0.1, -0.05) is 18.2 Å². The van der Waals surface area contributed by atoms with Gasteiger partial charge in [-0.3, -0.25) is 0 Å². The molecule has 0 fully saturated rings. The van der Waals surface area contributed by atoms with Gasteiger partial charge in [0, 0.05) is 5.56 Å². The molecule has 1 aromatic heterocycles. The highest BCUT2D eigenvalue weighted by Gasteiger charge is 2.27. The molecule has 0 spiro atoms. The van der Waals surface area contributed by atoms with Crippen LogP contribution in [0.25, 0.3) is 0 Å². The third-order valence-corrected chi connectivity index (χ3v) is 3.69. The van der Waals surface area contributed by atoms with Crippen LogP contribution >= 0.6 is 0 Å². The molecule has 20 heavy (non-hydrogen) atoms. The first kappa shape index (κ1) is 12.7. The number of ether oxygens (including phenoxy) is 1. The van der Waals surface area contributed by atoms with Gasteiger partial charge in [0.1, 0.15) is 11.6 Å². The second kappa shape index (κ2) is 5.36. The maximum absolute atomic E-state index is 5.97. The molecule has 0 saturated carbocycles. The van der Waals surface area contributed by atoms with Gasteiger partial charge >= 0.3 is 0 Å². The quantitative estimate of drug-likeness (QED) is 0.888. The van der Waals surface area contributed by atoms with Crippen molar-refractivity contribution >= 4 is 11.8 Å². The lowest BCUT2D eigenvalue weighted by Crippen LogP contribution is -2.09. The van der Waals surface area contributed by atoms with Gasteiger partial charge in [0.15, 0.2) is 0 Å². The van der Waals surface area contributed by atoms with Crippen molar-refractivity contribution in [3.05, 3.63) is 41.6 Å². The Balaban J connectivity index is 1.64. The van der Waals surface area contributed by atoms with E-state index in [1.165, 1.54) is 0 Å². The lowest BCUT2D eigenvalue weighted by Gasteiger charge is -2.13. The number of nitrogen functional groups attached to an aromatic ring is 2. The predicted molar refractivity (Wildman–Crippen MR) is 78.5 cm³/mol. The molecule has 5 nitrogen and oxygen atoms in total.